The number of pyridine rings is 1. The normalized spacial score (nSPS) is 16.9. The summed E-state index contributed by atoms with van der Waals surface area (Å²) in [6, 6.07) is 17.5. The van der Waals surface area contributed by atoms with E-state index in [1.54, 1.807) is 53.4 Å². The van der Waals surface area contributed by atoms with Crippen LogP contribution in [0.3, 0.4) is 0 Å². The number of hydrogen-bond acceptors (Lipinski definition) is 7. The van der Waals surface area contributed by atoms with Gasteiger partial charge < -0.3 is 9.64 Å². The molecule has 2 saturated heterocycles. The summed E-state index contributed by atoms with van der Waals surface area (Å²) in [5, 5.41) is 0. The van der Waals surface area contributed by atoms with Gasteiger partial charge in [0.25, 0.3) is 5.91 Å². The fraction of sp³-hybridized carbons (Fsp3) is 0.394. The Balaban J connectivity index is 1.05. The van der Waals surface area contributed by atoms with Gasteiger partial charge in [-0.1, -0.05) is 24.3 Å². The SMILES string of the molecule is [C-]#[N+]c1ccc(OC2CCN(C(=O)c3ccc(C(=O)CC4CCN(Cc5ccc(S(C)(=O)=O)cc5)CC4)cn3)CC2)cc1. The summed E-state index contributed by atoms with van der Waals surface area (Å²) in [7, 11) is -3.20. The van der Waals surface area contributed by atoms with Crippen molar-refractivity contribution in [1.29, 1.82) is 0 Å². The van der Waals surface area contributed by atoms with E-state index in [9.17, 15) is 18.0 Å². The lowest BCUT2D eigenvalue weighted by Gasteiger charge is -2.32. The summed E-state index contributed by atoms with van der Waals surface area (Å²) in [5.74, 6) is 0.927. The summed E-state index contributed by atoms with van der Waals surface area (Å²) in [6.45, 7) is 10.7. The van der Waals surface area contributed by atoms with Crippen molar-refractivity contribution in [2.45, 2.75) is 49.6 Å². The van der Waals surface area contributed by atoms with Crippen LogP contribution in [0, 0.1) is 12.5 Å². The summed E-state index contributed by atoms with van der Waals surface area (Å²) in [4.78, 5) is 38.2. The Hall–Kier alpha value is -4.07. The van der Waals surface area contributed by atoms with Crippen molar-refractivity contribution < 1.29 is 22.7 Å². The number of ether oxygens (including phenoxy) is 1. The fourth-order valence-electron chi connectivity index (χ4n) is 5.64. The van der Waals surface area contributed by atoms with Gasteiger partial charge in [-0.05, 0) is 73.8 Å². The molecule has 0 bridgehead atoms. The van der Waals surface area contributed by atoms with Gasteiger partial charge in [0.15, 0.2) is 21.3 Å². The maximum Gasteiger partial charge on any atom is 0.272 e. The highest BCUT2D eigenvalue weighted by atomic mass is 32.2. The van der Waals surface area contributed by atoms with Gasteiger partial charge in [0.05, 0.1) is 11.5 Å². The number of piperidine rings is 2. The maximum atomic E-state index is 13.0. The van der Waals surface area contributed by atoms with Crippen molar-refractivity contribution in [3.05, 3.63) is 95.1 Å². The van der Waals surface area contributed by atoms with E-state index in [4.69, 9.17) is 11.3 Å². The maximum absolute atomic E-state index is 13.0. The first-order valence-electron chi connectivity index (χ1n) is 14.6. The van der Waals surface area contributed by atoms with Crippen molar-refractivity contribution in [3.63, 3.8) is 0 Å². The average Bonchev–Trinajstić information content (AvgIpc) is 3.02. The van der Waals surface area contributed by atoms with E-state index >= 15 is 0 Å². The van der Waals surface area contributed by atoms with E-state index < -0.39 is 9.84 Å². The van der Waals surface area contributed by atoms with E-state index in [1.807, 2.05) is 12.1 Å². The first-order valence-corrected chi connectivity index (χ1v) is 16.5. The zero-order valence-corrected chi connectivity index (χ0v) is 25.1. The molecule has 2 aromatic carbocycles. The Morgan fingerprint density at radius 3 is 2.19 bits per heavy atom. The number of carbonyl (C=O) groups is 2. The molecular formula is C33H36N4O5S. The van der Waals surface area contributed by atoms with E-state index in [-0.39, 0.29) is 17.8 Å². The zero-order valence-electron chi connectivity index (χ0n) is 24.3. The van der Waals surface area contributed by atoms with Crippen LogP contribution in [0.5, 0.6) is 5.75 Å². The molecule has 0 unspecified atom stereocenters. The third kappa shape index (κ3) is 8.06. The van der Waals surface area contributed by atoms with Crippen molar-refractivity contribution in [2.75, 3.05) is 32.4 Å². The molecule has 2 aliphatic heterocycles. The molecule has 9 nitrogen and oxygen atoms in total. The predicted octanol–water partition coefficient (Wildman–Crippen LogP) is 5.20. The van der Waals surface area contributed by atoms with Crippen LogP contribution in [0.2, 0.25) is 0 Å². The van der Waals surface area contributed by atoms with Gasteiger partial charge in [-0.15, -0.1) is 0 Å². The van der Waals surface area contributed by atoms with Gasteiger partial charge in [-0.25, -0.2) is 13.3 Å². The highest BCUT2D eigenvalue weighted by molar-refractivity contribution is 7.90. The second-order valence-corrected chi connectivity index (χ2v) is 13.4. The van der Waals surface area contributed by atoms with Crippen LogP contribution in [-0.2, 0) is 16.4 Å². The molecule has 10 heteroatoms. The number of ketones is 1. The first kappa shape index (κ1) is 30.4. The molecule has 3 heterocycles. The Kier molecular flexibility index (Phi) is 9.53. The van der Waals surface area contributed by atoms with Gasteiger partial charge >= 0.3 is 0 Å². The molecule has 1 aromatic heterocycles. The molecule has 2 fully saturated rings. The number of benzene rings is 2. The Morgan fingerprint density at radius 1 is 0.930 bits per heavy atom. The summed E-state index contributed by atoms with van der Waals surface area (Å²) in [5.41, 5.74) is 2.51. The van der Waals surface area contributed by atoms with E-state index in [2.05, 4.69) is 14.7 Å². The van der Waals surface area contributed by atoms with Crippen LogP contribution in [0.4, 0.5) is 5.69 Å². The lowest BCUT2D eigenvalue weighted by Crippen LogP contribution is -2.42. The van der Waals surface area contributed by atoms with Crippen LogP contribution in [0.15, 0.2) is 71.8 Å². The average molecular weight is 601 g/mol. The summed E-state index contributed by atoms with van der Waals surface area (Å²) >= 11 is 0. The third-order valence-electron chi connectivity index (χ3n) is 8.24. The predicted molar refractivity (Wildman–Crippen MR) is 163 cm³/mol. The molecule has 2 aliphatic rings. The quantitative estimate of drug-likeness (QED) is 0.246. The highest BCUT2D eigenvalue weighted by Gasteiger charge is 2.26. The largest absolute Gasteiger partial charge is 0.490 e. The number of Topliss-reactive ketones (excluding diaryl/α,β-unsaturated/α-hetero) is 1. The Morgan fingerprint density at radius 2 is 1.60 bits per heavy atom. The molecule has 0 N–H and O–H groups in total. The summed E-state index contributed by atoms with van der Waals surface area (Å²) < 4.78 is 29.4. The third-order valence-corrected chi connectivity index (χ3v) is 9.37. The van der Waals surface area contributed by atoms with Gasteiger partial charge in [-0.3, -0.25) is 19.5 Å². The van der Waals surface area contributed by atoms with Crippen LogP contribution < -0.4 is 4.74 Å². The first-order chi connectivity index (χ1) is 20.7. The number of amides is 1. The second kappa shape index (κ2) is 13.5. The van der Waals surface area contributed by atoms with E-state index in [0.29, 0.717) is 60.1 Å². The van der Waals surface area contributed by atoms with Crippen LogP contribution in [0.25, 0.3) is 4.85 Å². The molecule has 5 rings (SSSR count). The van der Waals surface area contributed by atoms with Crippen molar-refractivity contribution in [1.82, 2.24) is 14.8 Å². The molecule has 0 spiro atoms. The molecule has 224 valence electrons. The number of carbonyl (C=O) groups excluding carboxylic acids is 2. The van der Waals surface area contributed by atoms with E-state index in [0.717, 1.165) is 43.8 Å². The minimum atomic E-state index is -3.20. The molecule has 0 aliphatic carbocycles. The Bertz CT molecular complexity index is 1570. The smallest absolute Gasteiger partial charge is 0.272 e. The minimum Gasteiger partial charge on any atom is -0.490 e. The van der Waals surface area contributed by atoms with Crippen molar-refractivity contribution >= 4 is 27.2 Å². The van der Waals surface area contributed by atoms with Crippen LogP contribution >= 0.6 is 0 Å². The number of likely N-dealkylation sites (tertiary alicyclic amines) is 2. The molecule has 3 aromatic rings. The minimum absolute atomic E-state index is 0.0103. The number of aromatic nitrogens is 1. The van der Waals surface area contributed by atoms with E-state index in [1.165, 1.54) is 12.5 Å². The topological polar surface area (TPSA) is 101 Å². The molecular weight excluding hydrogens is 564 g/mol. The van der Waals surface area contributed by atoms with Gasteiger partial charge in [0.1, 0.15) is 17.5 Å². The molecule has 1 amide bonds. The van der Waals surface area contributed by atoms with Crippen LogP contribution in [0.1, 0.15) is 58.5 Å². The van der Waals surface area contributed by atoms with Gasteiger partial charge in [0.2, 0.25) is 0 Å². The molecule has 0 atom stereocenters. The molecule has 0 saturated carbocycles. The zero-order chi connectivity index (χ0) is 30.4. The standard InChI is InChI=1S/C33H36N4O5S/c1-34-27-6-8-28(9-7-27)42-29-15-19-37(20-16-29)33(39)31-12-5-26(22-35-31)32(38)21-24-13-17-36(18-14-24)23-25-3-10-30(11-4-25)43(2,40)41/h3-12,22,24,29H,13-21,23H2,2H3. The number of sulfone groups is 1. The fourth-order valence-corrected chi connectivity index (χ4v) is 6.28. The lowest BCUT2D eigenvalue weighted by atomic mass is 9.90. The van der Waals surface area contributed by atoms with Crippen molar-refractivity contribution in [3.8, 4) is 5.75 Å². The van der Waals surface area contributed by atoms with Gasteiger partial charge in [-0.2, -0.15) is 0 Å². The van der Waals surface area contributed by atoms with Crippen molar-refractivity contribution in [2.24, 2.45) is 5.92 Å². The highest BCUT2D eigenvalue weighted by Crippen LogP contribution is 2.25. The lowest BCUT2D eigenvalue weighted by molar-refractivity contribution is 0.0589. The number of nitrogens with zero attached hydrogens (tertiary/aromatic N) is 4. The second-order valence-electron chi connectivity index (χ2n) is 11.4. The molecule has 43 heavy (non-hydrogen) atoms. The van der Waals surface area contributed by atoms with Crippen LogP contribution in [-0.4, -0.2) is 73.4 Å². The Labute approximate surface area is 253 Å². The van der Waals surface area contributed by atoms with Gasteiger partial charge in [0, 0.05) is 56.9 Å². The monoisotopic (exact) mass is 600 g/mol. The molecule has 0 radical (unpaired) electrons. The summed E-state index contributed by atoms with van der Waals surface area (Å²) in [6.07, 6.45) is 6.46. The number of rotatable bonds is 9. The number of hydrogen-bond donors (Lipinski definition) is 0.